The van der Waals surface area contributed by atoms with Crippen LogP contribution in [0.25, 0.3) is 5.65 Å². The lowest BCUT2D eigenvalue weighted by molar-refractivity contribution is 0.215. The predicted molar refractivity (Wildman–Crippen MR) is 78.3 cm³/mol. The van der Waals surface area contributed by atoms with Crippen molar-refractivity contribution in [1.29, 1.82) is 0 Å². The summed E-state index contributed by atoms with van der Waals surface area (Å²) in [5, 5.41) is 3.58. The van der Waals surface area contributed by atoms with E-state index in [-0.39, 0.29) is 5.41 Å². The summed E-state index contributed by atoms with van der Waals surface area (Å²) in [5.74, 6) is 1.10. The summed E-state index contributed by atoms with van der Waals surface area (Å²) in [6.45, 7) is 1.74. The van der Waals surface area contributed by atoms with E-state index in [1.807, 2.05) is 24.5 Å². The van der Waals surface area contributed by atoms with Crippen molar-refractivity contribution in [2.45, 2.75) is 32.1 Å². The maximum atomic E-state index is 6.04. The molecule has 0 saturated heterocycles. The molecule has 0 aromatic carbocycles. The highest BCUT2D eigenvalue weighted by molar-refractivity contribution is 5.49. The Morgan fingerprint density at radius 1 is 1.26 bits per heavy atom. The van der Waals surface area contributed by atoms with Gasteiger partial charge in [0, 0.05) is 18.9 Å². The minimum Gasteiger partial charge on any atom is -0.371 e. The Balaban J connectivity index is 1.76. The van der Waals surface area contributed by atoms with Gasteiger partial charge >= 0.3 is 0 Å². The third-order valence-corrected chi connectivity index (χ3v) is 4.42. The number of nitrogens with two attached hydrogens (primary N) is 1. The van der Waals surface area contributed by atoms with Gasteiger partial charge in [-0.3, -0.25) is 4.40 Å². The molecule has 2 heterocycles. The minimum atomic E-state index is 0.279. The van der Waals surface area contributed by atoms with Gasteiger partial charge in [-0.25, -0.2) is 4.98 Å². The van der Waals surface area contributed by atoms with Crippen molar-refractivity contribution in [2.24, 2.45) is 11.1 Å². The molecule has 1 aliphatic rings. The molecule has 1 fully saturated rings. The topological polar surface area (TPSA) is 55.3 Å². The van der Waals surface area contributed by atoms with Crippen molar-refractivity contribution in [3.05, 3.63) is 30.6 Å². The van der Waals surface area contributed by atoms with E-state index in [0.29, 0.717) is 0 Å². The molecule has 0 radical (unpaired) electrons. The normalized spacial score (nSPS) is 18.6. The van der Waals surface area contributed by atoms with Crippen molar-refractivity contribution in [3.63, 3.8) is 0 Å². The van der Waals surface area contributed by atoms with Crippen molar-refractivity contribution in [3.8, 4) is 0 Å². The highest BCUT2D eigenvalue weighted by Crippen LogP contribution is 2.35. The van der Waals surface area contributed by atoms with Crippen molar-refractivity contribution < 1.29 is 0 Å². The number of anilines is 1. The first kappa shape index (κ1) is 12.5. The van der Waals surface area contributed by atoms with E-state index in [9.17, 15) is 0 Å². The van der Waals surface area contributed by atoms with Crippen LogP contribution in [0.15, 0.2) is 30.6 Å². The van der Waals surface area contributed by atoms with Gasteiger partial charge in [0.1, 0.15) is 11.5 Å². The molecule has 1 aliphatic carbocycles. The number of imidazole rings is 1. The second kappa shape index (κ2) is 5.21. The quantitative estimate of drug-likeness (QED) is 0.886. The van der Waals surface area contributed by atoms with Gasteiger partial charge in [-0.1, -0.05) is 25.3 Å². The summed E-state index contributed by atoms with van der Waals surface area (Å²) in [6.07, 6.45) is 10.3. The zero-order valence-corrected chi connectivity index (χ0v) is 11.3. The van der Waals surface area contributed by atoms with Gasteiger partial charge < -0.3 is 11.1 Å². The molecule has 0 atom stereocenters. The molecular weight excluding hydrogens is 236 g/mol. The molecule has 1 saturated carbocycles. The van der Waals surface area contributed by atoms with E-state index in [0.717, 1.165) is 24.6 Å². The Hall–Kier alpha value is -1.55. The van der Waals surface area contributed by atoms with Crippen LogP contribution >= 0.6 is 0 Å². The van der Waals surface area contributed by atoms with Gasteiger partial charge in [0.15, 0.2) is 0 Å². The molecule has 0 amide bonds. The summed E-state index contributed by atoms with van der Waals surface area (Å²) >= 11 is 0. The monoisotopic (exact) mass is 258 g/mol. The van der Waals surface area contributed by atoms with Crippen molar-refractivity contribution >= 4 is 11.5 Å². The third kappa shape index (κ3) is 2.45. The van der Waals surface area contributed by atoms with Crippen molar-refractivity contribution in [2.75, 3.05) is 18.4 Å². The fraction of sp³-hybridized carbons (Fsp3) is 0.533. The van der Waals surface area contributed by atoms with Crippen LogP contribution in [0.5, 0.6) is 0 Å². The molecule has 0 unspecified atom stereocenters. The molecule has 0 aliphatic heterocycles. The molecule has 102 valence electrons. The first-order valence-electron chi connectivity index (χ1n) is 7.19. The smallest absolute Gasteiger partial charge is 0.138 e. The Morgan fingerprint density at radius 3 is 2.89 bits per heavy atom. The van der Waals surface area contributed by atoms with Gasteiger partial charge in [0.2, 0.25) is 0 Å². The zero-order chi connectivity index (χ0) is 13.1. The Bertz CT molecular complexity index is 540. The Kier molecular flexibility index (Phi) is 3.42. The third-order valence-electron chi connectivity index (χ3n) is 4.42. The minimum absolute atomic E-state index is 0.279. The summed E-state index contributed by atoms with van der Waals surface area (Å²) in [4.78, 5) is 4.31. The first-order valence-corrected chi connectivity index (χ1v) is 7.19. The number of pyridine rings is 1. The van der Waals surface area contributed by atoms with Crippen LogP contribution in [0.3, 0.4) is 0 Å². The summed E-state index contributed by atoms with van der Waals surface area (Å²) in [5.41, 5.74) is 7.30. The summed E-state index contributed by atoms with van der Waals surface area (Å²) in [7, 11) is 0. The predicted octanol–water partition coefficient (Wildman–Crippen LogP) is 2.66. The lowest BCUT2D eigenvalue weighted by Gasteiger charge is -2.36. The average molecular weight is 258 g/mol. The van der Waals surface area contributed by atoms with E-state index in [1.165, 1.54) is 32.1 Å². The SMILES string of the molecule is NCC1(CNc2cccc3nccn23)CCCCC1. The van der Waals surface area contributed by atoms with E-state index in [1.54, 1.807) is 0 Å². The molecule has 4 nitrogen and oxygen atoms in total. The number of nitrogens with one attached hydrogen (secondary N) is 1. The Morgan fingerprint density at radius 2 is 2.11 bits per heavy atom. The number of fused-ring (bicyclic) bond motifs is 1. The van der Waals surface area contributed by atoms with E-state index >= 15 is 0 Å². The van der Waals surface area contributed by atoms with E-state index < -0.39 is 0 Å². The first-order chi connectivity index (χ1) is 9.33. The van der Waals surface area contributed by atoms with Gasteiger partial charge in [0.05, 0.1) is 0 Å². The van der Waals surface area contributed by atoms with Crippen LogP contribution in [-0.4, -0.2) is 22.5 Å². The molecule has 2 aromatic rings. The number of nitrogens with zero attached hydrogens (tertiary/aromatic N) is 2. The molecule has 4 heteroatoms. The standard InChI is InChI=1S/C15H22N4/c16-11-15(7-2-1-3-8-15)12-18-14-6-4-5-13-17-9-10-19(13)14/h4-6,9-10,18H,1-3,7-8,11-12,16H2. The second-order valence-electron chi connectivity index (χ2n) is 5.68. The molecule has 0 spiro atoms. The van der Waals surface area contributed by atoms with Gasteiger partial charge in [-0.15, -0.1) is 0 Å². The molecule has 2 aromatic heterocycles. The maximum absolute atomic E-state index is 6.04. The molecule has 19 heavy (non-hydrogen) atoms. The van der Waals surface area contributed by atoms with Crippen molar-refractivity contribution in [1.82, 2.24) is 9.38 Å². The Labute approximate surface area is 114 Å². The molecule has 3 N–H and O–H groups in total. The average Bonchev–Trinajstić information content (AvgIpc) is 2.95. The van der Waals surface area contributed by atoms with Crippen LogP contribution in [0.1, 0.15) is 32.1 Å². The summed E-state index contributed by atoms with van der Waals surface area (Å²) in [6, 6.07) is 6.16. The zero-order valence-electron chi connectivity index (χ0n) is 11.3. The fourth-order valence-corrected chi connectivity index (χ4v) is 3.12. The van der Waals surface area contributed by atoms with E-state index in [4.69, 9.17) is 5.73 Å². The number of hydrogen-bond donors (Lipinski definition) is 2. The molecule has 0 bridgehead atoms. The molecular formula is C15H22N4. The number of hydrogen-bond acceptors (Lipinski definition) is 3. The van der Waals surface area contributed by atoms with Crippen LogP contribution in [0, 0.1) is 5.41 Å². The fourth-order valence-electron chi connectivity index (χ4n) is 3.12. The maximum Gasteiger partial charge on any atom is 0.138 e. The van der Waals surface area contributed by atoms with Crippen LogP contribution in [-0.2, 0) is 0 Å². The van der Waals surface area contributed by atoms with Gasteiger partial charge in [-0.05, 0) is 36.9 Å². The van der Waals surface area contributed by atoms with Crippen LogP contribution in [0.2, 0.25) is 0 Å². The number of aromatic nitrogens is 2. The lowest BCUT2D eigenvalue weighted by Crippen LogP contribution is -2.39. The largest absolute Gasteiger partial charge is 0.371 e. The highest BCUT2D eigenvalue weighted by atomic mass is 15.1. The highest BCUT2D eigenvalue weighted by Gasteiger charge is 2.30. The van der Waals surface area contributed by atoms with Gasteiger partial charge in [0.25, 0.3) is 0 Å². The van der Waals surface area contributed by atoms with Crippen LogP contribution in [0.4, 0.5) is 5.82 Å². The van der Waals surface area contributed by atoms with Crippen LogP contribution < -0.4 is 11.1 Å². The van der Waals surface area contributed by atoms with Gasteiger partial charge in [-0.2, -0.15) is 0 Å². The summed E-state index contributed by atoms with van der Waals surface area (Å²) < 4.78 is 2.09. The van der Waals surface area contributed by atoms with E-state index in [2.05, 4.69) is 20.8 Å². The number of rotatable bonds is 4. The lowest BCUT2D eigenvalue weighted by atomic mass is 9.74. The molecule has 3 rings (SSSR count). The second-order valence-corrected chi connectivity index (χ2v) is 5.68.